The summed E-state index contributed by atoms with van der Waals surface area (Å²) in [5.74, 6) is -0.365. The number of carbonyl (C=O) groups excluding carboxylic acids is 2. The average molecular weight is 600 g/mol. The number of hydroxylamine groups is 1. The number of esters is 1. The zero-order valence-corrected chi connectivity index (χ0v) is 26.5. The molecule has 3 rings (SSSR count). The minimum atomic E-state index is -1.00. The molecule has 10 nitrogen and oxygen atoms in total. The van der Waals surface area contributed by atoms with E-state index in [1.165, 1.54) is 19.4 Å². The Morgan fingerprint density at radius 1 is 1.00 bits per heavy atom. The lowest BCUT2D eigenvalue weighted by Crippen LogP contribution is -2.42. The van der Waals surface area contributed by atoms with E-state index in [4.69, 9.17) is 23.8 Å². The number of aromatic nitrogens is 1. The molecule has 0 saturated heterocycles. The molecule has 0 saturated carbocycles. The number of amides is 1. The molecule has 234 valence electrons. The summed E-state index contributed by atoms with van der Waals surface area (Å²) in [6.45, 7) is 16.4. The highest BCUT2D eigenvalue weighted by Crippen LogP contribution is 2.36. The summed E-state index contributed by atoms with van der Waals surface area (Å²) in [4.78, 5) is 36.3. The first-order chi connectivity index (χ1) is 20.0. The standard InChI is InChI=1S/C32H42FN3O7/c1-11-40-25-17-21(12-13-24(25)41-19(2)3)27(29(37)39-10)35-22-16-20-14-15-34-28(26(20)23(33)18-22)36(43-32(7,8)9)30(38)42-31(4,5)6/h12-19,27,35H,11H2,1-10H3. The molecule has 0 aliphatic heterocycles. The average Bonchev–Trinajstić information content (AvgIpc) is 2.89. The van der Waals surface area contributed by atoms with Gasteiger partial charge in [0.1, 0.15) is 11.4 Å². The minimum absolute atomic E-state index is 0.0339. The van der Waals surface area contributed by atoms with Gasteiger partial charge in [0.05, 0.1) is 30.8 Å². The van der Waals surface area contributed by atoms with E-state index in [-0.39, 0.29) is 17.3 Å². The summed E-state index contributed by atoms with van der Waals surface area (Å²) in [6.07, 6.45) is 0.508. The highest BCUT2D eigenvalue weighted by atomic mass is 19.1. The van der Waals surface area contributed by atoms with E-state index >= 15 is 4.39 Å². The number of fused-ring (bicyclic) bond motifs is 1. The Labute approximate surface area is 252 Å². The van der Waals surface area contributed by atoms with Gasteiger partial charge in [-0.15, -0.1) is 5.06 Å². The maximum atomic E-state index is 15.9. The van der Waals surface area contributed by atoms with E-state index in [1.54, 1.807) is 71.9 Å². The highest BCUT2D eigenvalue weighted by Gasteiger charge is 2.32. The summed E-state index contributed by atoms with van der Waals surface area (Å²) in [7, 11) is 1.27. The van der Waals surface area contributed by atoms with Crippen LogP contribution in [0.5, 0.6) is 11.5 Å². The van der Waals surface area contributed by atoms with Crippen molar-refractivity contribution in [2.45, 2.75) is 85.7 Å². The van der Waals surface area contributed by atoms with Crippen molar-refractivity contribution in [1.29, 1.82) is 0 Å². The normalized spacial score (nSPS) is 12.6. The molecule has 1 atom stereocenters. The third kappa shape index (κ3) is 8.93. The van der Waals surface area contributed by atoms with Crippen LogP contribution in [0.15, 0.2) is 42.6 Å². The maximum Gasteiger partial charge on any atom is 0.440 e. The fourth-order valence-electron chi connectivity index (χ4n) is 4.12. The number of methoxy groups -OCH3 is 1. The van der Waals surface area contributed by atoms with E-state index in [1.807, 2.05) is 20.8 Å². The van der Waals surface area contributed by atoms with E-state index < -0.39 is 35.1 Å². The first-order valence-corrected chi connectivity index (χ1v) is 14.1. The van der Waals surface area contributed by atoms with Crippen LogP contribution in [0.25, 0.3) is 10.8 Å². The zero-order chi connectivity index (χ0) is 32.1. The largest absolute Gasteiger partial charge is 0.490 e. The van der Waals surface area contributed by atoms with Crippen LogP contribution in [-0.2, 0) is 19.1 Å². The Balaban J connectivity index is 2.08. The lowest BCUT2D eigenvalue weighted by molar-refractivity contribution is -0.141. The Kier molecular flexibility index (Phi) is 10.4. The number of pyridine rings is 1. The Hall–Kier alpha value is -4.12. The number of rotatable bonds is 10. The van der Waals surface area contributed by atoms with E-state index in [9.17, 15) is 9.59 Å². The molecule has 11 heteroatoms. The first-order valence-electron chi connectivity index (χ1n) is 14.1. The molecule has 1 heterocycles. The molecule has 0 fully saturated rings. The molecule has 0 aliphatic rings. The number of nitrogens with one attached hydrogen (secondary N) is 1. The van der Waals surface area contributed by atoms with Crippen LogP contribution in [-0.4, -0.2) is 48.1 Å². The fourth-order valence-corrected chi connectivity index (χ4v) is 4.12. The fraction of sp³-hybridized carbons (Fsp3) is 0.469. The molecule has 2 aromatic carbocycles. The van der Waals surface area contributed by atoms with Crippen LogP contribution < -0.4 is 19.9 Å². The van der Waals surface area contributed by atoms with Crippen molar-refractivity contribution in [1.82, 2.24) is 4.98 Å². The van der Waals surface area contributed by atoms with Crippen LogP contribution in [0.1, 0.15) is 73.9 Å². The molecule has 0 radical (unpaired) electrons. The molecular weight excluding hydrogens is 557 g/mol. The molecule has 0 bridgehead atoms. The third-order valence-corrected chi connectivity index (χ3v) is 5.62. The minimum Gasteiger partial charge on any atom is -0.490 e. The Morgan fingerprint density at radius 3 is 2.28 bits per heavy atom. The molecule has 1 aromatic heterocycles. The number of carbonyl (C=O) groups is 2. The van der Waals surface area contributed by atoms with Gasteiger partial charge in [-0.1, -0.05) is 6.07 Å². The van der Waals surface area contributed by atoms with Gasteiger partial charge in [-0.25, -0.2) is 19.0 Å². The molecule has 1 N–H and O–H groups in total. The van der Waals surface area contributed by atoms with E-state index in [0.717, 1.165) is 5.06 Å². The van der Waals surface area contributed by atoms with Crippen molar-refractivity contribution < 1.29 is 37.8 Å². The quantitative estimate of drug-likeness (QED) is 0.189. The van der Waals surface area contributed by atoms with Gasteiger partial charge < -0.3 is 24.3 Å². The summed E-state index contributed by atoms with van der Waals surface area (Å²) >= 11 is 0. The van der Waals surface area contributed by atoms with Crippen LogP contribution in [0.4, 0.5) is 20.7 Å². The predicted molar refractivity (Wildman–Crippen MR) is 163 cm³/mol. The van der Waals surface area contributed by atoms with Crippen LogP contribution in [0.2, 0.25) is 0 Å². The molecule has 0 aliphatic carbocycles. The molecule has 43 heavy (non-hydrogen) atoms. The molecular formula is C32H42FN3O7. The van der Waals surface area contributed by atoms with Gasteiger partial charge >= 0.3 is 12.1 Å². The van der Waals surface area contributed by atoms with Gasteiger partial charge in [0.25, 0.3) is 0 Å². The van der Waals surface area contributed by atoms with Crippen molar-refractivity contribution in [2.24, 2.45) is 0 Å². The summed E-state index contributed by atoms with van der Waals surface area (Å²) in [5, 5.41) is 4.39. The number of benzene rings is 2. The molecule has 3 aromatic rings. The second kappa shape index (κ2) is 13.5. The monoisotopic (exact) mass is 599 g/mol. The van der Waals surface area contributed by atoms with Crippen molar-refractivity contribution in [3.05, 3.63) is 54.0 Å². The summed E-state index contributed by atoms with van der Waals surface area (Å²) in [5.41, 5.74) is -0.848. The van der Waals surface area contributed by atoms with Crippen molar-refractivity contribution >= 4 is 34.3 Å². The van der Waals surface area contributed by atoms with Gasteiger partial charge in [-0.3, -0.25) is 4.84 Å². The number of ether oxygens (including phenoxy) is 4. The molecule has 1 amide bonds. The summed E-state index contributed by atoms with van der Waals surface area (Å²) in [6, 6.07) is 8.58. The maximum absolute atomic E-state index is 15.9. The van der Waals surface area contributed by atoms with E-state index in [2.05, 4.69) is 10.3 Å². The van der Waals surface area contributed by atoms with Gasteiger partial charge in [-0.05, 0) is 104 Å². The van der Waals surface area contributed by atoms with Crippen molar-refractivity contribution in [3.63, 3.8) is 0 Å². The van der Waals surface area contributed by atoms with Crippen LogP contribution >= 0.6 is 0 Å². The smallest absolute Gasteiger partial charge is 0.440 e. The number of halogens is 1. The zero-order valence-electron chi connectivity index (χ0n) is 26.5. The number of anilines is 2. The van der Waals surface area contributed by atoms with Gasteiger partial charge in [0.15, 0.2) is 23.4 Å². The number of nitrogens with zero attached hydrogens (tertiary/aromatic N) is 2. The van der Waals surface area contributed by atoms with E-state index in [0.29, 0.717) is 34.7 Å². The lowest BCUT2D eigenvalue weighted by atomic mass is 10.0. The molecule has 1 unspecified atom stereocenters. The Bertz CT molecular complexity index is 1450. The Morgan fingerprint density at radius 2 is 1.70 bits per heavy atom. The van der Waals surface area contributed by atoms with Crippen molar-refractivity contribution in [2.75, 3.05) is 24.1 Å². The van der Waals surface area contributed by atoms with Crippen LogP contribution in [0.3, 0.4) is 0 Å². The number of hydrogen-bond acceptors (Lipinski definition) is 9. The van der Waals surface area contributed by atoms with Gasteiger partial charge in [0, 0.05) is 11.9 Å². The third-order valence-electron chi connectivity index (χ3n) is 5.62. The second-order valence-electron chi connectivity index (χ2n) is 12.1. The van der Waals surface area contributed by atoms with Crippen molar-refractivity contribution in [3.8, 4) is 11.5 Å². The SMILES string of the molecule is CCOc1cc(C(Nc2cc(F)c3c(N(OC(C)(C)C)C(=O)OC(C)(C)C)nccc3c2)C(=O)OC)ccc1OC(C)C. The molecule has 0 spiro atoms. The predicted octanol–water partition coefficient (Wildman–Crippen LogP) is 7.36. The lowest BCUT2D eigenvalue weighted by Gasteiger charge is -2.31. The van der Waals surface area contributed by atoms with Crippen LogP contribution in [0, 0.1) is 5.82 Å². The topological polar surface area (TPSA) is 108 Å². The second-order valence-corrected chi connectivity index (χ2v) is 12.1. The van der Waals surface area contributed by atoms with Gasteiger partial charge in [-0.2, -0.15) is 0 Å². The number of hydrogen-bond donors (Lipinski definition) is 1. The summed E-state index contributed by atoms with van der Waals surface area (Å²) < 4.78 is 38.1. The van der Waals surface area contributed by atoms with Gasteiger partial charge in [0.2, 0.25) is 0 Å². The highest BCUT2D eigenvalue weighted by molar-refractivity contribution is 6.00. The first kappa shape index (κ1) is 33.4.